The van der Waals surface area contributed by atoms with Crippen LogP contribution in [0.2, 0.25) is 0 Å². The molecule has 2 heterocycles. The van der Waals surface area contributed by atoms with E-state index in [1.165, 1.54) is 0 Å². The van der Waals surface area contributed by atoms with Crippen LogP contribution in [-0.4, -0.2) is 26.9 Å². The van der Waals surface area contributed by atoms with Crippen molar-refractivity contribution in [2.45, 2.75) is 45.1 Å². The second-order valence-electron chi connectivity index (χ2n) is 4.89. The predicted octanol–water partition coefficient (Wildman–Crippen LogP) is 0.370. The van der Waals surface area contributed by atoms with Gasteiger partial charge in [0.1, 0.15) is 6.23 Å². The number of hydrogen-bond donors (Lipinski definition) is 2. The lowest BCUT2D eigenvalue weighted by Crippen LogP contribution is -2.34. The minimum atomic E-state index is -1.06. The molecule has 1 aliphatic rings. The lowest BCUT2D eigenvalue weighted by atomic mass is 9.97. The highest BCUT2D eigenvalue weighted by Gasteiger charge is 2.38. The van der Waals surface area contributed by atoms with Gasteiger partial charge in [-0.25, -0.2) is 4.79 Å². The predicted molar refractivity (Wildman–Crippen MR) is 65.3 cm³/mol. The van der Waals surface area contributed by atoms with Crippen molar-refractivity contribution in [1.29, 1.82) is 0 Å². The van der Waals surface area contributed by atoms with Crippen molar-refractivity contribution >= 4 is 0 Å². The van der Waals surface area contributed by atoms with Crippen LogP contribution < -0.4 is 11.2 Å². The van der Waals surface area contributed by atoms with Crippen LogP contribution in [0.25, 0.3) is 0 Å². The molecule has 0 amide bonds. The number of aliphatic hydroxyl groups is 1. The van der Waals surface area contributed by atoms with Crippen LogP contribution >= 0.6 is 0 Å². The zero-order valence-electron chi connectivity index (χ0n) is 10.8. The second-order valence-corrected chi connectivity index (χ2v) is 4.89. The van der Waals surface area contributed by atoms with E-state index < -0.39 is 35.5 Å². The van der Waals surface area contributed by atoms with E-state index in [0.29, 0.717) is 0 Å². The van der Waals surface area contributed by atoms with E-state index in [1.807, 2.05) is 18.8 Å². The average Bonchev–Trinajstić information content (AvgIpc) is 2.75. The van der Waals surface area contributed by atoms with Gasteiger partial charge in [0.15, 0.2) is 0 Å². The van der Waals surface area contributed by atoms with Crippen LogP contribution in [0, 0.1) is 11.7 Å². The number of halogens is 1. The quantitative estimate of drug-likeness (QED) is 0.832. The number of hydrogen-bond acceptors (Lipinski definition) is 4. The smallest absolute Gasteiger partial charge is 0.330 e. The molecule has 19 heavy (non-hydrogen) atoms. The number of ether oxygens (including phenoxy) is 1. The van der Waals surface area contributed by atoms with Crippen molar-refractivity contribution in [1.82, 2.24) is 9.55 Å². The fourth-order valence-corrected chi connectivity index (χ4v) is 2.27. The van der Waals surface area contributed by atoms with E-state index in [4.69, 9.17) is 4.74 Å². The van der Waals surface area contributed by atoms with E-state index in [0.717, 1.165) is 17.2 Å². The molecule has 2 rings (SSSR count). The summed E-state index contributed by atoms with van der Waals surface area (Å²) in [6.07, 6.45) is -0.0204. The molecule has 1 fully saturated rings. The highest BCUT2D eigenvalue weighted by molar-refractivity contribution is 4.91. The topological polar surface area (TPSA) is 84.3 Å². The Morgan fingerprint density at radius 3 is 2.95 bits per heavy atom. The van der Waals surface area contributed by atoms with E-state index >= 15 is 0 Å². The Hall–Kier alpha value is -1.47. The first kappa shape index (κ1) is 14.0. The van der Waals surface area contributed by atoms with E-state index in [2.05, 4.69) is 0 Å². The van der Waals surface area contributed by atoms with Crippen molar-refractivity contribution in [2.75, 3.05) is 0 Å². The Bertz CT molecular complexity index is 568. The number of nitrogens with one attached hydrogen (secondary N) is 1. The number of rotatable bonds is 3. The molecule has 0 bridgehead atoms. The van der Waals surface area contributed by atoms with Gasteiger partial charge in [0, 0.05) is 6.42 Å². The summed E-state index contributed by atoms with van der Waals surface area (Å²) in [4.78, 5) is 24.4. The first-order valence-electron chi connectivity index (χ1n) is 6.28. The highest BCUT2D eigenvalue weighted by Crippen LogP contribution is 2.32. The van der Waals surface area contributed by atoms with Crippen molar-refractivity contribution in [3.8, 4) is 0 Å². The third kappa shape index (κ3) is 2.62. The standard InChI is InChI=1S/C12H17FN2O4/c1-3-6(2)10-8(16)4-9(19-10)15-5-7(13)11(17)14-12(15)18/h5-6,8-10,16H,3-4H2,1-2H3,(H,14,17,18)/t6?,8-,9-,10?/m1/s1. The van der Waals surface area contributed by atoms with Gasteiger partial charge in [-0.1, -0.05) is 20.3 Å². The van der Waals surface area contributed by atoms with Gasteiger partial charge < -0.3 is 9.84 Å². The van der Waals surface area contributed by atoms with Gasteiger partial charge in [0.25, 0.3) is 5.56 Å². The molecule has 7 heteroatoms. The summed E-state index contributed by atoms with van der Waals surface area (Å²) in [6.45, 7) is 3.91. The van der Waals surface area contributed by atoms with Crippen LogP contribution in [0.3, 0.4) is 0 Å². The molecule has 1 aromatic rings. The van der Waals surface area contributed by atoms with Gasteiger partial charge in [-0.15, -0.1) is 0 Å². The summed E-state index contributed by atoms with van der Waals surface area (Å²) >= 11 is 0. The maximum atomic E-state index is 13.2. The monoisotopic (exact) mass is 272 g/mol. The molecule has 1 aromatic heterocycles. The van der Waals surface area contributed by atoms with E-state index in [1.54, 1.807) is 0 Å². The molecule has 6 nitrogen and oxygen atoms in total. The first-order chi connectivity index (χ1) is 8.93. The number of H-pyrrole nitrogens is 1. The molecule has 0 aromatic carbocycles. The number of aromatic nitrogens is 2. The Balaban J connectivity index is 2.28. The molecule has 1 aliphatic heterocycles. The minimum absolute atomic E-state index is 0.128. The third-order valence-electron chi connectivity index (χ3n) is 3.58. The molecule has 2 N–H and O–H groups in total. The van der Waals surface area contributed by atoms with Crippen molar-refractivity contribution in [3.05, 3.63) is 32.9 Å². The maximum Gasteiger partial charge on any atom is 0.330 e. The Kier molecular flexibility index (Phi) is 3.86. The van der Waals surface area contributed by atoms with Crippen LogP contribution in [0.4, 0.5) is 4.39 Å². The molecule has 106 valence electrons. The molecule has 0 radical (unpaired) electrons. The lowest BCUT2D eigenvalue weighted by molar-refractivity contribution is -0.0478. The molecule has 0 aliphatic carbocycles. The highest BCUT2D eigenvalue weighted by atomic mass is 19.1. The minimum Gasteiger partial charge on any atom is -0.390 e. The van der Waals surface area contributed by atoms with Gasteiger partial charge in [-0.2, -0.15) is 4.39 Å². The van der Waals surface area contributed by atoms with Crippen LogP contribution in [0.15, 0.2) is 15.8 Å². The zero-order valence-corrected chi connectivity index (χ0v) is 10.8. The Morgan fingerprint density at radius 1 is 1.63 bits per heavy atom. The van der Waals surface area contributed by atoms with Gasteiger partial charge in [0.2, 0.25) is 5.82 Å². The summed E-state index contributed by atoms with van der Waals surface area (Å²) in [6, 6.07) is 0. The fourth-order valence-electron chi connectivity index (χ4n) is 2.27. The van der Waals surface area contributed by atoms with E-state index in [-0.39, 0.29) is 12.3 Å². The van der Waals surface area contributed by atoms with Crippen molar-refractivity contribution in [2.24, 2.45) is 5.92 Å². The summed E-state index contributed by atoms with van der Waals surface area (Å²) in [5, 5.41) is 9.93. The van der Waals surface area contributed by atoms with Gasteiger partial charge >= 0.3 is 5.69 Å². The van der Waals surface area contributed by atoms with Crippen molar-refractivity contribution < 1.29 is 14.2 Å². The Morgan fingerprint density at radius 2 is 2.32 bits per heavy atom. The summed E-state index contributed by atoms with van der Waals surface area (Å²) in [5.41, 5.74) is -1.80. The molecule has 1 saturated heterocycles. The third-order valence-corrected chi connectivity index (χ3v) is 3.58. The average molecular weight is 272 g/mol. The van der Waals surface area contributed by atoms with Crippen molar-refractivity contribution in [3.63, 3.8) is 0 Å². The molecule has 4 atom stereocenters. The SMILES string of the molecule is CCC(C)C1O[C@@H](n2cc(F)c(=O)[nH]c2=O)C[C@H]1O. The molecule has 2 unspecified atom stereocenters. The van der Waals surface area contributed by atoms with Crippen LogP contribution in [0.5, 0.6) is 0 Å². The first-order valence-corrected chi connectivity index (χ1v) is 6.28. The second kappa shape index (κ2) is 5.26. The molecule has 0 spiro atoms. The number of aliphatic hydroxyl groups excluding tert-OH is 1. The largest absolute Gasteiger partial charge is 0.390 e. The molecule has 0 saturated carbocycles. The Labute approximate surface area is 108 Å². The van der Waals surface area contributed by atoms with Gasteiger partial charge in [-0.05, 0) is 5.92 Å². The van der Waals surface area contributed by atoms with Gasteiger partial charge in [0.05, 0.1) is 18.4 Å². The fraction of sp³-hybridized carbons (Fsp3) is 0.667. The summed E-state index contributed by atoms with van der Waals surface area (Å²) in [7, 11) is 0. The molecular weight excluding hydrogens is 255 g/mol. The number of aromatic amines is 1. The zero-order chi connectivity index (χ0) is 14.2. The normalized spacial score (nSPS) is 28.5. The van der Waals surface area contributed by atoms with Crippen LogP contribution in [-0.2, 0) is 4.74 Å². The summed E-state index contributed by atoms with van der Waals surface area (Å²) in [5.74, 6) is -0.923. The lowest BCUT2D eigenvalue weighted by Gasteiger charge is -2.21. The molecular formula is C12H17FN2O4. The summed E-state index contributed by atoms with van der Waals surface area (Å²) < 4.78 is 19.8. The maximum absolute atomic E-state index is 13.2. The van der Waals surface area contributed by atoms with Crippen LogP contribution in [0.1, 0.15) is 32.9 Å². The van der Waals surface area contributed by atoms with Gasteiger partial charge in [-0.3, -0.25) is 14.3 Å². The van der Waals surface area contributed by atoms with E-state index in [9.17, 15) is 19.1 Å². The number of nitrogens with zero attached hydrogens (tertiary/aromatic N) is 1.